The minimum Gasteiger partial charge on any atom is -1.00 e. The molecule has 18 heavy (non-hydrogen) atoms. The maximum Gasteiger partial charge on any atom is -1.00 e. The molecule has 0 saturated heterocycles. The first-order valence-electron chi connectivity index (χ1n) is 6.47. The summed E-state index contributed by atoms with van der Waals surface area (Å²) in [6, 6.07) is 0. The summed E-state index contributed by atoms with van der Waals surface area (Å²) in [5.74, 6) is 0.446. The van der Waals surface area contributed by atoms with Gasteiger partial charge in [-0.3, -0.25) is 0 Å². The Hall–Kier alpha value is 0.221. The van der Waals surface area contributed by atoms with Gasteiger partial charge < -0.3 is 4.70 Å². The van der Waals surface area contributed by atoms with Crippen LogP contribution in [0, 0.1) is 37.5 Å². The van der Waals surface area contributed by atoms with Gasteiger partial charge in [0.05, 0.1) is 0 Å². The summed E-state index contributed by atoms with van der Waals surface area (Å²) in [5.41, 5.74) is 0. The van der Waals surface area contributed by atoms with Crippen LogP contribution in [0.4, 0.5) is 0 Å². The van der Waals surface area contributed by atoms with E-state index in [1.54, 1.807) is 0 Å². The van der Waals surface area contributed by atoms with Crippen LogP contribution in [-0.2, 0) is 9.59 Å². The average molecular weight is 392 g/mol. The fraction of sp³-hybridized carbons (Fsp3) is 0.833. The van der Waals surface area contributed by atoms with E-state index in [2.05, 4.69) is 0 Å². The monoisotopic (exact) mass is 389 g/mol. The molecule has 0 aromatic carbocycles. The zero-order valence-corrected chi connectivity index (χ0v) is 15.0. The predicted molar refractivity (Wildman–Crippen MR) is 64.6 cm³/mol. The Labute approximate surface area is 131 Å². The molecule has 0 heterocycles. The van der Waals surface area contributed by atoms with Gasteiger partial charge in [-0.2, -0.15) is 0 Å². The largest absolute Gasteiger partial charge is 1.00 e. The van der Waals surface area contributed by atoms with E-state index < -0.39 is 37.5 Å². The molecule has 0 unspecified atom stereocenters. The molecule has 4 nitrogen and oxygen atoms in total. The van der Waals surface area contributed by atoms with Gasteiger partial charge in [-0.05, 0) is 0 Å². The summed E-state index contributed by atoms with van der Waals surface area (Å²) in [6.07, 6.45) is 2.99. The van der Waals surface area contributed by atoms with Gasteiger partial charge in [-0.25, -0.2) is 0 Å². The average Bonchev–Trinajstić information content (AvgIpc) is 2.31. The third kappa shape index (κ3) is 7.61. The molecule has 0 aromatic heterocycles. The number of amides is 2. The number of halogens is 1. The SMILES string of the molecule is CCCC(=O)[N](CC)[Nd+][N](CC)C(=O)CCC.[F-]. The van der Waals surface area contributed by atoms with Crippen LogP contribution in [0.25, 0.3) is 0 Å². The summed E-state index contributed by atoms with van der Waals surface area (Å²) >= 11 is -1.47. The third-order valence-corrected chi connectivity index (χ3v) is 7.58. The van der Waals surface area contributed by atoms with Crippen molar-refractivity contribution in [1.82, 2.24) is 1.97 Å². The first kappa shape index (κ1) is 20.5. The van der Waals surface area contributed by atoms with Crippen LogP contribution in [-0.4, -0.2) is 26.9 Å². The molecule has 105 valence electrons. The van der Waals surface area contributed by atoms with Crippen molar-refractivity contribution in [1.29, 1.82) is 0 Å². The molecule has 0 N–H and O–H groups in total. The van der Waals surface area contributed by atoms with Gasteiger partial charge >= 0.3 is 127 Å². The molecule has 0 rings (SSSR count). The number of hydrogen-bond acceptors (Lipinski definition) is 2. The number of nitrogens with zero attached hydrogens (tertiary/aromatic N) is 2. The molecule has 0 bridgehead atoms. The fourth-order valence-corrected chi connectivity index (χ4v) is 4.72. The molecule has 0 aliphatic heterocycles. The zero-order valence-electron chi connectivity index (χ0n) is 11.8. The third-order valence-electron chi connectivity index (χ3n) is 2.40. The molecule has 0 aromatic rings. The summed E-state index contributed by atoms with van der Waals surface area (Å²) in [7, 11) is 0. The molecule has 0 fully saturated rings. The number of hydrogen-bond donors (Lipinski definition) is 0. The topological polar surface area (TPSA) is 40.6 Å². The van der Waals surface area contributed by atoms with Crippen LogP contribution in [0.15, 0.2) is 0 Å². The molecule has 0 spiro atoms. The van der Waals surface area contributed by atoms with Gasteiger partial charge in [0.2, 0.25) is 0 Å². The van der Waals surface area contributed by atoms with Crippen molar-refractivity contribution in [3.63, 3.8) is 0 Å². The maximum atomic E-state index is 11.8. The van der Waals surface area contributed by atoms with Crippen LogP contribution in [0.1, 0.15) is 53.4 Å². The van der Waals surface area contributed by atoms with E-state index in [-0.39, 0.29) is 16.5 Å². The Kier molecular flexibility index (Phi) is 14.0. The molecule has 0 radical (unpaired) electrons. The Balaban J connectivity index is 0. The minimum absolute atomic E-state index is 0. The van der Waals surface area contributed by atoms with E-state index in [1.807, 2.05) is 29.7 Å². The normalized spacial score (nSPS) is 9.11. The van der Waals surface area contributed by atoms with Crippen molar-refractivity contribution < 1.29 is 51.8 Å². The number of rotatable bonds is 8. The van der Waals surface area contributed by atoms with Crippen LogP contribution in [0.5, 0.6) is 0 Å². The summed E-state index contributed by atoms with van der Waals surface area (Å²) < 4.78 is 3.89. The van der Waals surface area contributed by atoms with Gasteiger partial charge in [0.1, 0.15) is 0 Å². The second-order valence-corrected chi connectivity index (χ2v) is 7.98. The molecule has 0 aliphatic carbocycles. The second kappa shape index (κ2) is 12.3. The Morgan fingerprint density at radius 3 is 1.39 bits per heavy atom. The summed E-state index contributed by atoms with van der Waals surface area (Å²) in [4.78, 5) is 23.7. The molecule has 2 amide bonds. The van der Waals surface area contributed by atoms with E-state index in [4.69, 9.17) is 0 Å². The van der Waals surface area contributed by atoms with Crippen LogP contribution in [0.2, 0.25) is 0 Å². The summed E-state index contributed by atoms with van der Waals surface area (Å²) in [6.45, 7) is 9.52. The van der Waals surface area contributed by atoms with Gasteiger partial charge in [0.25, 0.3) is 0 Å². The van der Waals surface area contributed by atoms with Gasteiger partial charge in [-0.15, -0.1) is 0 Å². The van der Waals surface area contributed by atoms with Crippen LogP contribution >= 0.6 is 0 Å². The van der Waals surface area contributed by atoms with Crippen molar-refractivity contribution in [2.75, 3.05) is 13.1 Å². The molecule has 0 atom stereocenters. The number of carbonyl (C=O) groups is 2. The smallest absolute Gasteiger partial charge is 1.00 e. The van der Waals surface area contributed by atoms with Crippen molar-refractivity contribution >= 4 is 11.8 Å². The Bertz CT molecular complexity index is 228. The maximum absolute atomic E-state index is 11.8. The van der Waals surface area contributed by atoms with E-state index in [0.717, 1.165) is 25.9 Å². The second-order valence-electron chi connectivity index (χ2n) is 3.88. The molecular formula is C12H24FN2NdO2. The molecule has 6 heteroatoms. The van der Waals surface area contributed by atoms with Crippen LogP contribution < -0.4 is 4.70 Å². The van der Waals surface area contributed by atoms with E-state index in [9.17, 15) is 9.59 Å². The van der Waals surface area contributed by atoms with Crippen molar-refractivity contribution in [3.8, 4) is 0 Å². The summed E-state index contributed by atoms with van der Waals surface area (Å²) in [5, 5.41) is 0. The fourth-order valence-electron chi connectivity index (χ4n) is 1.45. The molecular weight excluding hydrogens is 367 g/mol. The first-order chi connectivity index (χ1) is 8.10. The van der Waals surface area contributed by atoms with Crippen molar-refractivity contribution in [2.45, 2.75) is 53.4 Å². The van der Waals surface area contributed by atoms with E-state index in [0.29, 0.717) is 12.8 Å². The van der Waals surface area contributed by atoms with E-state index in [1.165, 1.54) is 0 Å². The Morgan fingerprint density at radius 2 is 1.17 bits per heavy atom. The van der Waals surface area contributed by atoms with Crippen molar-refractivity contribution in [3.05, 3.63) is 0 Å². The zero-order chi connectivity index (χ0) is 13.3. The molecule has 0 saturated carbocycles. The quantitative estimate of drug-likeness (QED) is 0.544. The standard InChI is InChI=1S/2C6H13NO.FH.Nd/c2*1-3-5-6(8)7-4-2;;/h2*3-5H2,1-2H3,(H,7,8);1H;/q;;;+3/p-3. The van der Waals surface area contributed by atoms with Gasteiger partial charge in [0, 0.05) is 0 Å². The predicted octanol–water partition coefficient (Wildman–Crippen LogP) is -0.797. The van der Waals surface area contributed by atoms with Gasteiger partial charge in [0.15, 0.2) is 0 Å². The number of carbonyl (C=O) groups excluding carboxylic acids is 2. The Morgan fingerprint density at radius 1 is 0.833 bits per heavy atom. The minimum atomic E-state index is -1.47. The molecule has 0 aliphatic rings. The van der Waals surface area contributed by atoms with E-state index >= 15 is 0 Å². The van der Waals surface area contributed by atoms with Gasteiger partial charge in [-0.1, -0.05) is 0 Å². The van der Waals surface area contributed by atoms with Crippen molar-refractivity contribution in [2.24, 2.45) is 0 Å². The first-order valence-corrected chi connectivity index (χ1v) is 9.34. The van der Waals surface area contributed by atoms with Crippen LogP contribution in [0.3, 0.4) is 0 Å².